The molecule has 0 N–H and O–H groups in total. The minimum Gasteiger partial charge on any atom is -0.486 e. The zero-order chi connectivity index (χ0) is 13.2. The number of rotatable bonds is 5. The standard InChI is InChI=1S/C12H11ClN2O3/c13-9-1-2-11(10(7-9)15(16)17)18-8-12(3-4-12)5-6-14/h1-2,7H,3-5,8H2. The summed E-state index contributed by atoms with van der Waals surface area (Å²) >= 11 is 5.71. The molecule has 0 radical (unpaired) electrons. The molecule has 0 saturated heterocycles. The highest BCUT2D eigenvalue weighted by Gasteiger charge is 2.43. The third-order valence-corrected chi connectivity index (χ3v) is 3.30. The number of nitro benzene ring substituents is 1. The van der Waals surface area contributed by atoms with Crippen molar-refractivity contribution in [2.24, 2.45) is 5.41 Å². The number of nitrogens with zero attached hydrogens (tertiary/aromatic N) is 2. The maximum Gasteiger partial charge on any atom is 0.312 e. The fraction of sp³-hybridized carbons (Fsp3) is 0.417. The van der Waals surface area contributed by atoms with E-state index in [9.17, 15) is 10.1 Å². The molecule has 0 atom stereocenters. The van der Waals surface area contributed by atoms with Gasteiger partial charge in [-0.1, -0.05) is 11.6 Å². The second kappa shape index (κ2) is 4.83. The first-order valence-corrected chi connectivity index (χ1v) is 5.88. The maximum absolute atomic E-state index is 10.9. The monoisotopic (exact) mass is 266 g/mol. The molecular weight excluding hydrogens is 256 g/mol. The Morgan fingerprint density at radius 3 is 2.83 bits per heavy atom. The van der Waals surface area contributed by atoms with Crippen LogP contribution in [0.4, 0.5) is 5.69 Å². The molecular formula is C12H11ClN2O3. The Kier molecular flexibility index (Phi) is 3.39. The van der Waals surface area contributed by atoms with Crippen molar-refractivity contribution in [1.29, 1.82) is 5.26 Å². The van der Waals surface area contributed by atoms with Crippen molar-refractivity contribution in [3.8, 4) is 11.8 Å². The van der Waals surface area contributed by atoms with Crippen LogP contribution >= 0.6 is 11.6 Å². The van der Waals surface area contributed by atoms with Crippen molar-refractivity contribution in [2.45, 2.75) is 19.3 Å². The van der Waals surface area contributed by atoms with Gasteiger partial charge < -0.3 is 4.74 Å². The number of nitriles is 1. The Morgan fingerprint density at radius 2 is 2.28 bits per heavy atom. The average molecular weight is 267 g/mol. The summed E-state index contributed by atoms with van der Waals surface area (Å²) in [6.07, 6.45) is 2.29. The van der Waals surface area contributed by atoms with Crippen molar-refractivity contribution in [2.75, 3.05) is 6.61 Å². The quantitative estimate of drug-likeness (QED) is 0.605. The first-order chi connectivity index (χ1) is 8.56. The maximum atomic E-state index is 10.9. The van der Waals surface area contributed by atoms with Crippen LogP contribution in [0.3, 0.4) is 0 Å². The van der Waals surface area contributed by atoms with Crippen molar-refractivity contribution >= 4 is 17.3 Å². The van der Waals surface area contributed by atoms with Gasteiger partial charge >= 0.3 is 5.69 Å². The van der Waals surface area contributed by atoms with E-state index >= 15 is 0 Å². The molecule has 1 saturated carbocycles. The molecule has 5 nitrogen and oxygen atoms in total. The molecule has 94 valence electrons. The van der Waals surface area contributed by atoms with E-state index in [4.69, 9.17) is 21.6 Å². The normalized spacial score (nSPS) is 15.8. The molecule has 1 aromatic rings. The molecule has 0 unspecified atom stereocenters. The lowest BCUT2D eigenvalue weighted by Crippen LogP contribution is -2.13. The van der Waals surface area contributed by atoms with Crippen molar-refractivity contribution in [3.05, 3.63) is 33.3 Å². The lowest BCUT2D eigenvalue weighted by atomic mass is 10.1. The Labute approximate surface area is 109 Å². The topological polar surface area (TPSA) is 76.2 Å². The van der Waals surface area contributed by atoms with Crippen LogP contribution < -0.4 is 4.74 Å². The molecule has 0 spiro atoms. The van der Waals surface area contributed by atoms with Crippen molar-refractivity contribution in [1.82, 2.24) is 0 Å². The number of ether oxygens (including phenoxy) is 1. The minimum absolute atomic E-state index is 0.109. The van der Waals surface area contributed by atoms with E-state index in [0.29, 0.717) is 18.1 Å². The van der Waals surface area contributed by atoms with Crippen LogP contribution in [0, 0.1) is 26.9 Å². The van der Waals surface area contributed by atoms with E-state index in [1.807, 2.05) is 0 Å². The van der Waals surface area contributed by atoms with Crippen LogP contribution in [-0.2, 0) is 0 Å². The van der Waals surface area contributed by atoms with Crippen LogP contribution in [0.5, 0.6) is 5.75 Å². The summed E-state index contributed by atoms with van der Waals surface area (Å²) in [5, 5.41) is 19.8. The van der Waals surface area contributed by atoms with Gasteiger partial charge in [0.2, 0.25) is 0 Å². The molecule has 2 rings (SSSR count). The molecule has 1 aliphatic rings. The molecule has 18 heavy (non-hydrogen) atoms. The summed E-state index contributed by atoms with van der Waals surface area (Å²) in [6, 6.07) is 6.42. The predicted molar refractivity (Wildman–Crippen MR) is 65.5 cm³/mol. The lowest BCUT2D eigenvalue weighted by Gasteiger charge is -2.12. The molecule has 1 aliphatic carbocycles. The van der Waals surface area contributed by atoms with E-state index in [0.717, 1.165) is 12.8 Å². The smallest absolute Gasteiger partial charge is 0.312 e. The molecule has 6 heteroatoms. The number of halogens is 1. The lowest BCUT2D eigenvalue weighted by molar-refractivity contribution is -0.385. The van der Waals surface area contributed by atoms with Gasteiger partial charge in [-0.3, -0.25) is 10.1 Å². The summed E-state index contributed by atoms with van der Waals surface area (Å²) in [6.45, 7) is 0.336. The second-order valence-corrected chi connectivity index (χ2v) is 4.93. The largest absolute Gasteiger partial charge is 0.486 e. The third kappa shape index (κ3) is 2.71. The fourth-order valence-corrected chi connectivity index (χ4v) is 1.87. The van der Waals surface area contributed by atoms with Crippen LogP contribution in [-0.4, -0.2) is 11.5 Å². The third-order valence-electron chi connectivity index (χ3n) is 3.06. The van der Waals surface area contributed by atoms with E-state index < -0.39 is 4.92 Å². The Morgan fingerprint density at radius 1 is 1.56 bits per heavy atom. The first-order valence-electron chi connectivity index (χ1n) is 5.50. The van der Waals surface area contributed by atoms with Gasteiger partial charge in [0.15, 0.2) is 5.75 Å². The van der Waals surface area contributed by atoms with E-state index in [1.165, 1.54) is 12.1 Å². The van der Waals surface area contributed by atoms with Gasteiger partial charge in [-0.15, -0.1) is 0 Å². The van der Waals surface area contributed by atoms with Gasteiger partial charge in [0.05, 0.1) is 17.6 Å². The molecule has 1 aromatic carbocycles. The van der Waals surface area contributed by atoms with Crippen LogP contribution in [0.15, 0.2) is 18.2 Å². The summed E-state index contributed by atoms with van der Waals surface area (Å²) in [4.78, 5) is 10.3. The fourth-order valence-electron chi connectivity index (χ4n) is 1.70. The minimum atomic E-state index is -0.523. The number of hydrogen-bond donors (Lipinski definition) is 0. The van der Waals surface area contributed by atoms with Crippen molar-refractivity contribution in [3.63, 3.8) is 0 Å². The van der Waals surface area contributed by atoms with Crippen LogP contribution in [0.25, 0.3) is 0 Å². The van der Waals surface area contributed by atoms with Gasteiger partial charge in [-0.2, -0.15) is 5.26 Å². The van der Waals surface area contributed by atoms with E-state index in [1.54, 1.807) is 6.07 Å². The highest BCUT2D eigenvalue weighted by atomic mass is 35.5. The number of benzene rings is 1. The van der Waals surface area contributed by atoms with Gasteiger partial charge in [0.25, 0.3) is 0 Å². The van der Waals surface area contributed by atoms with Gasteiger partial charge in [0, 0.05) is 22.9 Å². The molecule has 0 heterocycles. The predicted octanol–water partition coefficient (Wildman–Crippen LogP) is 3.32. The highest BCUT2D eigenvalue weighted by Crippen LogP contribution is 2.49. The molecule has 0 amide bonds. The van der Waals surface area contributed by atoms with Gasteiger partial charge in [0.1, 0.15) is 0 Å². The van der Waals surface area contributed by atoms with Crippen LogP contribution in [0.2, 0.25) is 5.02 Å². The summed E-state index contributed by atoms with van der Waals surface area (Å²) in [5.74, 6) is 0.202. The number of hydrogen-bond acceptors (Lipinski definition) is 4. The van der Waals surface area contributed by atoms with Crippen LogP contribution in [0.1, 0.15) is 19.3 Å². The highest BCUT2D eigenvalue weighted by molar-refractivity contribution is 6.30. The Bertz CT molecular complexity index is 521. The van der Waals surface area contributed by atoms with E-state index in [-0.39, 0.29) is 16.9 Å². The van der Waals surface area contributed by atoms with Gasteiger partial charge in [-0.25, -0.2) is 0 Å². The summed E-state index contributed by atoms with van der Waals surface area (Å²) in [5.41, 5.74) is -0.252. The van der Waals surface area contributed by atoms with E-state index in [2.05, 4.69) is 6.07 Å². The summed E-state index contributed by atoms with van der Waals surface area (Å²) < 4.78 is 5.48. The average Bonchev–Trinajstić information content (AvgIpc) is 3.08. The molecule has 0 aliphatic heterocycles. The van der Waals surface area contributed by atoms with Crippen molar-refractivity contribution < 1.29 is 9.66 Å². The second-order valence-electron chi connectivity index (χ2n) is 4.49. The summed E-state index contributed by atoms with van der Waals surface area (Å²) in [7, 11) is 0. The number of nitro groups is 1. The SMILES string of the molecule is N#CCC1(COc2ccc(Cl)cc2[N+](=O)[O-])CC1. The Balaban J connectivity index is 2.10. The Hall–Kier alpha value is -1.80. The molecule has 0 bridgehead atoms. The zero-order valence-corrected chi connectivity index (χ0v) is 10.3. The molecule has 1 fully saturated rings. The molecule has 0 aromatic heterocycles. The van der Waals surface area contributed by atoms with Gasteiger partial charge in [-0.05, 0) is 25.0 Å². The first kappa shape index (κ1) is 12.7. The zero-order valence-electron chi connectivity index (χ0n) is 9.56.